The number of amidine groups is 1. The molecule has 0 fully saturated rings. The molecule has 1 rings (SSSR count). The lowest BCUT2D eigenvalue weighted by Crippen LogP contribution is -2.13. The van der Waals surface area contributed by atoms with Gasteiger partial charge in [0.25, 0.3) is 0 Å². The number of rotatable bonds is 5. The van der Waals surface area contributed by atoms with E-state index in [1.54, 1.807) is 6.07 Å². The van der Waals surface area contributed by atoms with Crippen molar-refractivity contribution < 1.29 is 9.60 Å². The van der Waals surface area contributed by atoms with Crippen molar-refractivity contribution in [3.63, 3.8) is 0 Å². The van der Waals surface area contributed by atoms with Gasteiger partial charge in [0.15, 0.2) is 0 Å². The van der Waals surface area contributed by atoms with Gasteiger partial charge in [0.05, 0.1) is 5.69 Å². The number of nitrogens with zero attached hydrogens (tertiary/aromatic N) is 1. The Bertz CT molecular complexity index is 379. The first-order valence-electron chi connectivity index (χ1n) is 5.10. The average molecular weight is 225 g/mol. The van der Waals surface area contributed by atoms with E-state index in [1.807, 2.05) is 13.0 Å². The largest absolute Gasteiger partial charge is 0.409 e. The summed E-state index contributed by atoms with van der Waals surface area (Å²) in [5, 5.41) is 14.1. The first kappa shape index (κ1) is 12.3. The third-order valence-corrected chi connectivity index (χ3v) is 2.18. The fourth-order valence-electron chi connectivity index (χ4n) is 1.31. The summed E-state index contributed by atoms with van der Waals surface area (Å²) in [5.41, 5.74) is 6.67. The molecule has 0 bridgehead atoms. The molecule has 0 aromatic heterocycles. The summed E-state index contributed by atoms with van der Waals surface area (Å²) in [6.07, 6.45) is 1.17. The van der Waals surface area contributed by atoms with Gasteiger partial charge in [0.1, 0.15) is 11.7 Å². The number of anilines is 1. The molecule has 16 heavy (non-hydrogen) atoms. The van der Waals surface area contributed by atoms with E-state index in [4.69, 9.17) is 10.9 Å². The van der Waals surface area contributed by atoms with Gasteiger partial charge >= 0.3 is 0 Å². The van der Waals surface area contributed by atoms with E-state index >= 15 is 0 Å². The summed E-state index contributed by atoms with van der Waals surface area (Å²) >= 11 is 0. The third-order valence-electron chi connectivity index (χ3n) is 2.18. The smallest absolute Gasteiger partial charge is 0.146 e. The molecule has 4 nitrogen and oxygen atoms in total. The highest BCUT2D eigenvalue weighted by molar-refractivity contribution is 5.79. The lowest BCUT2D eigenvalue weighted by molar-refractivity contribution is 0.316. The molecule has 0 amide bonds. The SMILES string of the molecule is Cc1ccc(NCCCC(N)=NO)c(F)c1. The van der Waals surface area contributed by atoms with E-state index in [-0.39, 0.29) is 11.7 Å². The third kappa shape index (κ3) is 3.76. The molecule has 0 radical (unpaired) electrons. The normalized spacial score (nSPS) is 11.5. The Labute approximate surface area is 94.0 Å². The fraction of sp³-hybridized carbons (Fsp3) is 0.364. The number of aryl methyl sites for hydroxylation is 1. The van der Waals surface area contributed by atoms with Crippen LogP contribution >= 0.6 is 0 Å². The summed E-state index contributed by atoms with van der Waals surface area (Å²) in [4.78, 5) is 0. The Morgan fingerprint density at radius 3 is 2.94 bits per heavy atom. The van der Waals surface area contributed by atoms with E-state index in [2.05, 4.69) is 10.5 Å². The summed E-state index contributed by atoms with van der Waals surface area (Å²) in [6.45, 7) is 2.42. The van der Waals surface area contributed by atoms with Crippen LogP contribution in [0.5, 0.6) is 0 Å². The van der Waals surface area contributed by atoms with Crippen LogP contribution in [0.1, 0.15) is 18.4 Å². The molecular weight excluding hydrogens is 209 g/mol. The highest BCUT2D eigenvalue weighted by atomic mass is 19.1. The van der Waals surface area contributed by atoms with E-state index in [9.17, 15) is 4.39 Å². The van der Waals surface area contributed by atoms with Crippen LogP contribution in [0.2, 0.25) is 0 Å². The zero-order valence-corrected chi connectivity index (χ0v) is 9.20. The Hall–Kier alpha value is -1.78. The second kappa shape index (κ2) is 5.95. The van der Waals surface area contributed by atoms with Crippen LogP contribution < -0.4 is 11.1 Å². The minimum absolute atomic E-state index is 0.186. The Kier molecular flexibility index (Phi) is 4.57. The second-order valence-electron chi connectivity index (χ2n) is 3.60. The maximum atomic E-state index is 13.4. The summed E-state index contributed by atoms with van der Waals surface area (Å²) in [5.74, 6) is -0.0741. The Morgan fingerprint density at radius 2 is 2.31 bits per heavy atom. The molecule has 0 spiro atoms. The van der Waals surface area contributed by atoms with Crippen LogP contribution in [0.4, 0.5) is 10.1 Å². The quantitative estimate of drug-likeness (QED) is 0.236. The molecule has 1 aromatic carbocycles. The van der Waals surface area contributed by atoms with E-state index in [0.717, 1.165) is 5.56 Å². The molecular formula is C11H16FN3O. The van der Waals surface area contributed by atoms with Crippen LogP contribution in [0.15, 0.2) is 23.4 Å². The number of nitrogens with one attached hydrogen (secondary N) is 1. The van der Waals surface area contributed by atoms with E-state index < -0.39 is 0 Å². The average Bonchev–Trinajstić information content (AvgIpc) is 2.26. The number of hydrogen-bond acceptors (Lipinski definition) is 3. The predicted octanol–water partition coefficient (Wildman–Crippen LogP) is 2.07. The molecule has 1 aromatic rings. The molecule has 0 heterocycles. The van der Waals surface area contributed by atoms with Gasteiger partial charge in [-0.1, -0.05) is 11.2 Å². The molecule has 0 unspecified atom stereocenters. The first-order valence-corrected chi connectivity index (χ1v) is 5.10. The number of benzene rings is 1. The van der Waals surface area contributed by atoms with Crippen LogP contribution in [-0.2, 0) is 0 Å². The first-order chi connectivity index (χ1) is 7.63. The molecule has 88 valence electrons. The zero-order chi connectivity index (χ0) is 12.0. The maximum absolute atomic E-state index is 13.4. The van der Waals surface area contributed by atoms with Gasteiger partial charge in [0, 0.05) is 13.0 Å². The Morgan fingerprint density at radius 1 is 1.56 bits per heavy atom. The summed E-state index contributed by atoms with van der Waals surface area (Å²) in [7, 11) is 0. The minimum Gasteiger partial charge on any atom is -0.409 e. The summed E-state index contributed by atoms with van der Waals surface area (Å²) < 4.78 is 13.4. The topological polar surface area (TPSA) is 70.6 Å². The maximum Gasteiger partial charge on any atom is 0.146 e. The van der Waals surface area contributed by atoms with Gasteiger partial charge in [-0.3, -0.25) is 0 Å². The molecule has 0 aliphatic carbocycles. The van der Waals surface area contributed by atoms with Crippen molar-refractivity contribution >= 4 is 11.5 Å². The van der Waals surface area contributed by atoms with Gasteiger partial charge in [-0.25, -0.2) is 4.39 Å². The lowest BCUT2D eigenvalue weighted by atomic mass is 10.2. The highest BCUT2D eigenvalue weighted by Crippen LogP contribution is 2.15. The second-order valence-corrected chi connectivity index (χ2v) is 3.60. The number of hydrogen-bond donors (Lipinski definition) is 3. The standard InChI is InChI=1S/C11H16FN3O/c1-8-4-5-10(9(12)7-8)14-6-2-3-11(13)15-16/h4-5,7,14,16H,2-3,6H2,1H3,(H2,13,15). The lowest BCUT2D eigenvalue weighted by Gasteiger charge is -2.07. The van der Waals surface area contributed by atoms with Crippen molar-refractivity contribution in [2.45, 2.75) is 19.8 Å². The van der Waals surface area contributed by atoms with Gasteiger partial charge in [-0.15, -0.1) is 0 Å². The van der Waals surface area contributed by atoms with Crippen LogP contribution in [-0.4, -0.2) is 17.6 Å². The van der Waals surface area contributed by atoms with Crippen molar-refractivity contribution in [3.8, 4) is 0 Å². The molecule has 0 aliphatic heterocycles. The van der Waals surface area contributed by atoms with Crippen molar-refractivity contribution in [1.82, 2.24) is 0 Å². The van der Waals surface area contributed by atoms with E-state index in [0.29, 0.717) is 25.1 Å². The molecule has 0 atom stereocenters. The molecule has 4 N–H and O–H groups in total. The predicted molar refractivity (Wildman–Crippen MR) is 62.3 cm³/mol. The van der Waals surface area contributed by atoms with Crippen molar-refractivity contribution in [1.29, 1.82) is 0 Å². The van der Waals surface area contributed by atoms with Crippen molar-refractivity contribution in [3.05, 3.63) is 29.6 Å². The molecule has 0 saturated heterocycles. The number of halogens is 1. The fourth-order valence-corrected chi connectivity index (χ4v) is 1.31. The minimum atomic E-state index is -0.260. The van der Waals surface area contributed by atoms with Crippen LogP contribution in [0.3, 0.4) is 0 Å². The van der Waals surface area contributed by atoms with Crippen LogP contribution in [0, 0.1) is 12.7 Å². The van der Waals surface area contributed by atoms with Crippen molar-refractivity contribution in [2.75, 3.05) is 11.9 Å². The van der Waals surface area contributed by atoms with Gasteiger partial charge < -0.3 is 16.3 Å². The highest BCUT2D eigenvalue weighted by Gasteiger charge is 2.01. The van der Waals surface area contributed by atoms with Gasteiger partial charge in [0.2, 0.25) is 0 Å². The molecule has 0 aliphatic rings. The van der Waals surface area contributed by atoms with E-state index in [1.165, 1.54) is 6.07 Å². The van der Waals surface area contributed by atoms with Crippen molar-refractivity contribution in [2.24, 2.45) is 10.9 Å². The monoisotopic (exact) mass is 225 g/mol. The number of nitrogens with two attached hydrogens (primary N) is 1. The van der Waals surface area contributed by atoms with Gasteiger partial charge in [-0.2, -0.15) is 0 Å². The molecule has 5 heteroatoms. The van der Waals surface area contributed by atoms with Crippen LogP contribution in [0.25, 0.3) is 0 Å². The summed E-state index contributed by atoms with van der Waals surface area (Å²) in [6, 6.07) is 5.02. The number of oxime groups is 1. The Balaban J connectivity index is 2.37. The van der Waals surface area contributed by atoms with Gasteiger partial charge in [-0.05, 0) is 31.0 Å². The molecule has 0 saturated carbocycles. The zero-order valence-electron chi connectivity index (χ0n) is 9.20.